The van der Waals surface area contributed by atoms with Crippen molar-refractivity contribution in [3.05, 3.63) is 77.0 Å². The lowest BCUT2D eigenvalue weighted by molar-refractivity contribution is -0.121. The quantitative estimate of drug-likeness (QED) is 0.455. The average molecular weight is 471 g/mol. The van der Waals surface area contributed by atoms with Gasteiger partial charge in [0.2, 0.25) is 5.91 Å². The number of nitrogens with zero attached hydrogens (tertiary/aromatic N) is 1. The largest absolute Gasteiger partial charge is 0.354 e. The Morgan fingerprint density at radius 1 is 1.06 bits per heavy atom. The number of halogens is 1. The standard InChI is InChI=1S/C25H27ClN2O3S/c26-22-12-6-4-10-20(22)18-32(30,31)24-16-28(23-13-7-5-11-21(23)24)17-25(29)27-15-14-19-8-2-1-3-9-19/h4-8,10-13,16H,1-3,9,14-15,17-18H2,(H,27,29). The smallest absolute Gasteiger partial charge is 0.239 e. The lowest BCUT2D eigenvalue weighted by Gasteiger charge is -2.13. The van der Waals surface area contributed by atoms with E-state index in [9.17, 15) is 13.2 Å². The number of hydrogen-bond donors (Lipinski definition) is 1. The average Bonchev–Trinajstić information content (AvgIpc) is 3.15. The number of aromatic nitrogens is 1. The van der Waals surface area contributed by atoms with Crippen LogP contribution in [0, 0.1) is 0 Å². The molecule has 3 aromatic rings. The summed E-state index contributed by atoms with van der Waals surface area (Å²) in [6.45, 7) is 0.669. The highest BCUT2D eigenvalue weighted by molar-refractivity contribution is 7.90. The van der Waals surface area contributed by atoms with E-state index in [4.69, 9.17) is 11.6 Å². The van der Waals surface area contributed by atoms with Crippen LogP contribution in [0.1, 0.15) is 37.7 Å². The minimum atomic E-state index is -3.65. The van der Waals surface area contributed by atoms with Crippen LogP contribution in [0.2, 0.25) is 5.02 Å². The van der Waals surface area contributed by atoms with E-state index in [-0.39, 0.29) is 23.1 Å². The first kappa shape index (κ1) is 22.6. The molecular formula is C25H27ClN2O3S. The second kappa shape index (κ2) is 9.92. The Balaban J connectivity index is 1.51. The maximum absolute atomic E-state index is 13.2. The summed E-state index contributed by atoms with van der Waals surface area (Å²) in [6.07, 6.45) is 9.44. The number of allylic oxidation sites excluding steroid dienone is 1. The van der Waals surface area contributed by atoms with Crippen LogP contribution in [-0.4, -0.2) is 25.4 Å². The zero-order valence-electron chi connectivity index (χ0n) is 17.9. The Morgan fingerprint density at radius 2 is 1.84 bits per heavy atom. The number of sulfone groups is 1. The molecule has 1 aromatic heterocycles. The van der Waals surface area contributed by atoms with E-state index >= 15 is 0 Å². The van der Waals surface area contributed by atoms with Crippen molar-refractivity contribution < 1.29 is 13.2 Å². The molecule has 0 radical (unpaired) electrons. The third-order valence-corrected chi connectivity index (χ3v) is 7.91. The zero-order chi connectivity index (χ0) is 22.6. The highest BCUT2D eigenvalue weighted by atomic mass is 35.5. The molecule has 1 N–H and O–H groups in total. The van der Waals surface area contributed by atoms with E-state index in [0.717, 1.165) is 24.8 Å². The maximum atomic E-state index is 13.2. The number of rotatable bonds is 8. The van der Waals surface area contributed by atoms with Gasteiger partial charge < -0.3 is 9.88 Å². The minimum absolute atomic E-state index is 0.0706. The molecule has 1 amide bonds. The van der Waals surface area contributed by atoms with Crippen LogP contribution >= 0.6 is 11.6 Å². The third-order valence-electron chi connectivity index (χ3n) is 5.86. The Hall–Kier alpha value is -2.57. The Bertz CT molecular complexity index is 1260. The second-order valence-corrected chi connectivity index (χ2v) is 10.6. The fourth-order valence-electron chi connectivity index (χ4n) is 4.19. The summed E-state index contributed by atoms with van der Waals surface area (Å²) >= 11 is 6.19. The van der Waals surface area contributed by atoms with Gasteiger partial charge in [-0.1, -0.05) is 59.6 Å². The number of carbonyl (C=O) groups excluding carboxylic acids is 1. The SMILES string of the molecule is O=C(Cn1cc(S(=O)(=O)Cc2ccccc2Cl)c2ccccc21)NCCC1=CCCCC1. The molecule has 1 heterocycles. The number of carbonyl (C=O) groups is 1. The van der Waals surface area contributed by atoms with Crippen LogP contribution in [0.3, 0.4) is 0 Å². The highest BCUT2D eigenvalue weighted by Gasteiger charge is 2.23. The topological polar surface area (TPSA) is 68.2 Å². The van der Waals surface area contributed by atoms with Gasteiger partial charge in [0, 0.05) is 28.7 Å². The molecule has 32 heavy (non-hydrogen) atoms. The molecule has 7 heteroatoms. The van der Waals surface area contributed by atoms with Crippen LogP contribution in [-0.2, 0) is 26.9 Å². The molecule has 0 bridgehead atoms. The van der Waals surface area contributed by atoms with Gasteiger partial charge in [0.05, 0.1) is 10.6 Å². The van der Waals surface area contributed by atoms with Crippen molar-refractivity contribution in [2.75, 3.05) is 6.54 Å². The molecule has 4 rings (SSSR count). The molecule has 1 aliphatic rings. The summed E-state index contributed by atoms with van der Waals surface area (Å²) in [5.41, 5.74) is 2.69. The van der Waals surface area contributed by atoms with Crippen molar-refractivity contribution >= 4 is 38.2 Å². The number of nitrogens with one attached hydrogen (secondary N) is 1. The fraction of sp³-hybridized carbons (Fsp3) is 0.320. The molecule has 0 fully saturated rings. The number of para-hydroxylation sites is 1. The maximum Gasteiger partial charge on any atom is 0.239 e. The first-order valence-corrected chi connectivity index (χ1v) is 13.0. The van der Waals surface area contributed by atoms with Gasteiger partial charge >= 0.3 is 0 Å². The van der Waals surface area contributed by atoms with Crippen molar-refractivity contribution in [3.63, 3.8) is 0 Å². The van der Waals surface area contributed by atoms with Gasteiger partial charge in [-0.3, -0.25) is 4.79 Å². The number of benzene rings is 2. The first-order chi connectivity index (χ1) is 15.4. The second-order valence-electron chi connectivity index (χ2n) is 8.20. The molecule has 0 saturated carbocycles. The van der Waals surface area contributed by atoms with E-state index in [0.29, 0.717) is 22.5 Å². The van der Waals surface area contributed by atoms with Crippen molar-refractivity contribution in [2.45, 2.75) is 49.3 Å². The van der Waals surface area contributed by atoms with E-state index in [2.05, 4.69) is 11.4 Å². The predicted molar refractivity (Wildman–Crippen MR) is 128 cm³/mol. The lowest BCUT2D eigenvalue weighted by atomic mass is 9.97. The molecule has 0 atom stereocenters. The minimum Gasteiger partial charge on any atom is -0.354 e. The van der Waals surface area contributed by atoms with Gasteiger partial charge in [-0.2, -0.15) is 0 Å². The molecule has 0 spiro atoms. The van der Waals surface area contributed by atoms with E-state index in [1.807, 2.05) is 12.1 Å². The van der Waals surface area contributed by atoms with Crippen LogP contribution in [0.25, 0.3) is 10.9 Å². The summed E-state index contributed by atoms with van der Waals surface area (Å²) < 4.78 is 28.2. The first-order valence-electron chi connectivity index (χ1n) is 10.9. The summed E-state index contributed by atoms with van der Waals surface area (Å²) in [7, 11) is -3.65. The zero-order valence-corrected chi connectivity index (χ0v) is 19.5. The number of fused-ring (bicyclic) bond motifs is 1. The van der Waals surface area contributed by atoms with Crippen molar-refractivity contribution in [1.82, 2.24) is 9.88 Å². The molecular weight excluding hydrogens is 444 g/mol. The van der Waals surface area contributed by atoms with Gasteiger partial charge in [0.1, 0.15) is 6.54 Å². The van der Waals surface area contributed by atoms with E-state index in [1.54, 1.807) is 47.2 Å². The Labute approximate surface area is 194 Å². The van der Waals surface area contributed by atoms with E-state index in [1.165, 1.54) is 18.4 Å². The third kappa shape index (κ3) is 5.25. The fourth-order valence-corrected chi connectivity index (χ4v) is 6.09. The van der Waals surface area contributed by atoms with Gasteiger partial charge in [-0.05, 0) is 49.8 Å². The Morgan fingerprint density at radius 3 is 2.62 bits per heavy atom. The van der Waals surface area contributed by atoms with E-state index < -0.39 is 9.84 Å². The van der Waals surface area contributed by atoms with Crippen LogP contribution in [0.15, 0.2) is 71.3 Å². The molecule has 2 aromatic carbocycles. The number of amides is 1. The van der Waals surface area contributed by atoms with Gasteiger partial charge in [0.25, 0.3) is 0 Å². The van der Waals surface area contributed by atoms with Crippen LogP contribution < -0.4 is 5.32 Å². The van der Waals surface area contributed by atoms with Crippen molar-refractivity contribution in [1.29, 1.82) is 0 Å². The van der Waals surface area contributed by atoms with Gasteiger partial charge in [0.15, 0.2) is 9.84 Å². The molecule has 0 aliphatic heterocycles. The monoisotopic (exact) mass is 470 g/mol. The molecule has 5 nitrogen and oxygen atoms in total. The highest BCUT2D eigenvalue weighted by Crippen LogP contribution is 2.29. The summed E-state index contributed by atoms with van der Waals surface area (Å²) in [4.78, 5) is 12.8. The molecule has 0 unspecified atom stereocenters. The molecule has 0 saturated heterocycles. The number of hydrogen-bond acceptors (Lipinski definition) is 3. The Kier molecular flexibility index (Phi) is 7.01. The van der Waals surface area contributed by atoms with Crippen LogP contribution in [0.4, 0.5) is 0 Å². The van der Waals surface area contributed by atoms with Crippen molar-refractivity contribution in [3.8, 4) is 0 Å². The lowest BCUT2D eigenvalue weighted by Crippen LogP contribution is -2.28. The predicted octanol–water partition coefficient (Wildman–Crippen LogP) is 5.28. The molecule has 1 aliphatic carbocycles. The summed E-state index contributed by atoms with van der Waals surface area (Å²) in [5, 5.41) is 4.01. The van der Waals surface area contributed by atoms with Crippen LogP contribution in [0.5, 0.6) is 0 Å². The molecule has 168 valence electrons. The normalized spacial score (nSPS) is 14.3. The summed E-state index contributed by atoms with van der Waals surface area (Å²) in [6, 6.07) is 14.2. The van der Waals surface area contributed by atoms with Gasteiger partial charge in [-0.15, -0.1) is 0 Å². The van der Waals surface area contributed by atoms with Gasteiger partial charge in [-0.25, -0.2) is 8.42 Å². The summed E-state index contributed by atoms with van der Waals surface area (Å²) in [5.74, 6) is -0.320. The van der Waals surface area contributed by atoms with Crippen molar-refractivity contribution in [2.24, 2.45) is 0 Å².